The molecule has 0 aromatic carbocycles. The van der Waals surface area contributed by atoms with Gasteiger partial charge in [0.25, 0.3) is 0 Å². The van der Waals surface area contributed by atoms with Crippen molar-refractivity contribution in [3.8, 4) is 0 Å². The smallest absolute Gasteiger partial charge is 0.410 e. The first-order valence-corrected chi connectivity index (χ1v) is 5.05. The molecule has 1 saturated heterocycles. The topological polar surface area (TPSA) is 58.6 Å². The molecule has 5 nitrogen and oxygen atoms in total. The van der Waals surface area contributed by atoms with Gasteiger partial charge in [-0.15, -0.1) is 0 Å². The van der Waals surface area contributed by atoms with Crippen molar-refractivity contribution in [1.29, 1.82) is 0 Å². The number of nitrogens with one attached hydrogen (secondary N) is 1. The van der Waals surface area contributed by atoms with Crippen LogP contribution < -0.4 is 5.32 Å². The van der Waals surface area contributed by atoms with Gasteiger partial charge >= 0.3 is 6.09 Å². The second-order valence-corrected chi connectivity index (χ2v) is 4.83. The maximum Gasteiger partial charge on any atom is 0.410 e. The van der Waals surface area contributed by atoms with E-state index < -0.39 is 11.7 Å². The summed E-state index contributed by atoms with van der Waals surface area (Å²) in [6.45, 7) is 7.85. The number of hydrogen-bond donors (Lipinski definition) is 1. The highest BCUT2D eigenvalue weighted by Crippen LogP contribution is 2.11. The van der Waals surface area contributed by atoms with Crippen molar-refractivity contribution < 1.29 is 14.3 Å². The minimum Gasteiger partial charge on any atom is -0.444 e. The van der Waals surface area contributed by atoms with Crippen molar-refractivity contribution in [2.45, 2.75) is 39.3 Å². The van der Waals surface area contributed by atoms with E-state index in [4.69, 9.17) is 4.74 Å². The molecular formula is C10H18N2O3. The highest BCUT2D eigenvalue weighted by atomic mass is 16.6. The number of hydrogen-bond acceptors (Lipinski definition) is 3. The molecule has 1 rings (SSSR count). The van der Waals surface area contributed by atoms with Crippen molar-refractivity contribution in [2.75, 3.05) is 13.1 Å². The number of carbonyl (C=O) groups excluding carboxylic acids is 2. The maximum absolute atomic E-state index is 11.6. The Kier molecular flexibility index (Phi) is 3.21. The Bertz CT molecular complexity index is 270. The second-order valence-electron chi connectivity index (χ2n) is 4.83. The Labute approximate surface area is 89.8 Å². The van der Waals surface area contributed by atoms with Crippen LogP contribution in [0.4, 0.5) is 4.79 Å². The van der Waals surface area contributed by atoms with Crippen LogP contribution in [0.25, 0.3) is 0 Å². The Morgan fingerprint density at radius 3 is 2.60 bits per heavy atom. The molecule has 0 spiro atoms. The summed E-state index contributed by atoms with van der Waals surface area (Å²) >= 11 is 0. The van der Waals surface area contributed by atoms with Crippen LogP contribution in [0, 0.1) is 0 Å². The van der Waals surface area contributed by atoms with E-state index in [1.54, 1.807) is 20.8 Å². The lowest BCUT2D eigenvalue weighted by molar-refractivity contribution is -0.125. The fraction of sp³-hybridized carbons (Fsp3) is 0.800. The molecule has 0 unspecified atom stereocenters. The summed E-state index contributed by atoms with van der Waals surface area (Å²) in [5.74, 6) is -0.139. The van der Waals surface area contributed by atoms with Crippen molar-refractivity contribution in [3.05, 3.63) is 0 Å². The Morgan fingerprint density at radius 1 is 1.53 bits per heavy atom. The van der Waals surface area contributed by atoms with E-state index in [2.05, 4.69) is 5.32 Å². The number of nitrogens with zero attached hydrogens (tertiary/aromatic N) is 1. The summed E-state index contributed by atoms with van der Waals surface area (Å²) in [5.41, 5.74) is -0.520. The molecule has 1 aliphatic rings. The van der Waals surface area contributed by atoms with Gasteiger partial charge < -0.3 is 10.1 Å². The first-order valence-electron chi connectivity index (χ1n) is 5.05. The molecule has 2 amide bonds. The zero-order chi connectivity index (χ0) is 11.6. The minimum atomic E-state index is -0.520. The molecule has 1 fully saturated rings. The zero-order valence-electron chi connectivity index (χ0n) is 9.66. The SMILES string of the molecule is C[C@H]1CN(C(=O)OC(C)(C)C)CC(=O)N1. The Balaban J connectivity index is 2.56. The summed E-state index contributed by atoms with van der Waals surface area (Å²) in [6, 6.07) is -0.0150. The number of amides is 2. The van der Waals surface area contributed by atoms with Crippen LogP contribution in [0.15, 0.2) is 0 Å². The number of piperazine rings is 1. The molecule has 1 N–H and O–H groups in total. The van der Waals surface area contributed by atoms with E-state index in [9.17, 15) is 9.59 Å². The van der Waals surface area contributed by atoms with Crippen molar-refractivity contribution in [1.82, 2.24) is 10.2 Å². The first kappa shape index (κ1) is 11.8. The van der Waals surface area contributed by atoms with Gasteiger partial charge in [0.1, 0.15) is 12.1 Å². The predicted octanol–water partition coefficient (Wildman–Crippen LogP) is 0.742. The van der Waals surface area contributed by atoms with Gasteiger partial charge in [-0.05, 0) is 27.7 Å². The summed E-state index contributed by atoms with van der Waals surface area (Å²) in [6.07, 6.45) is -0.427. The molecular weight excluding hydrogens is 196 g/mol. The van der Waals surface area contributed by atoms with E-state index in [-0.39, 0.29) is 18.5 Å². The minimum absolute atomic E-state index is 0.0150. The van der Waals surface area contributed by atoms with Crippen LogP contribution in [-0.4, -0.2) is 41.6 Å². The van der Waals surface area contributed by atoms with Gasteiger partial charge in [0.15, 0.2) is 0 Å². The summed E-state index contributed by atoms with van der Waals surface area (Å²) in [4.78, 5) is 24.2. The van der Waals surface area contributed by atoms with Crippen LogP contribution in [0.2, 0.25) is 0 Å². The predicted molar refractivity (Wildman–Crippen MR) is 55.4 cm³/mol. The van der Waals surface area contributed by atoms with E-state index in [0.29, 0.717) is 6.54 Å². The van der Waals surface area contributed by atoms with Gasteiger partial charge in [-0.3, -0.25) is 9.69 Å². The summed E-state index contributed by atoms with van der Waals surface area (Å²) in [5, 5.41) is 2.74. The van der Waals surface area contributed by atoms with Crippen LogP contribution >= 0.6 is 0 Å². The number of carbonyl (C=O) groups is 2. The highest BCUT2D eigenvalue weighted by molar-refractivity contribution is 5.83. The molecule has 86 valence electrons. The van der Waals surface area contributed by atoms with Crippen LogP contribution in [0.3, 0.4) is 0 Å². The first-order chi connectivity index (χ1) is 6.78. The van der Waals surface area contributed by atoms with E-state index in [0.717, 1.165) is 0 Å². The van der Waals surface area contributed by atoms with Crippen LogP contribution in [0.1, 0.15) is 27.7 Å². The highest BCUT2D eigenvalue weighted by Gasteiger charge is 2.28. The van der Waals surface area contributed by atoms with Gasteiger partial charge in [-0.1, -0.05) is 0 Å². The van der Waals surface area contributed by atoms with Gasteiger partial charge in [-0.2, -0.15) is 0 Å². The van der Waals surface area contributed by atoms with E-state index in [1.807, 2.05) is 6.92 Å². The lowest BCUT2D eigenvalue weighted by Gasteiger charge is -2.32. The average Bonchev–Trinajstić information content (AvgIpc) is 1.98. The third kappa shape index (κ3) is 3.77. The van der Waals surface area contributed by atoms with Crippen LogP contribution in [-0.2, 0) is 9.53 Å². The molecule has 0 radical (unpaired) electrons. The molecule has 0 saturated carbocycles. The standard InChI is InChI=1S/C10H18N2O3/c1-7-5-12(6-8(13)11-7)9(14)15-10(2,3)4/h7H,5-6H2,1-4H3,(H,11,13)/t7-/m0/s1. The Morgan fingerprint density at radius 2 is 2.13 bits per heavy atom. The van der Waals surface area contributed by atoms with Crippen molar-refractivity contribution in [3.63, 3.8) is 0 Å². The summed E-state index contributed by atoms with van der Waals surface area (Å²) < 4.78 is 5.18. The van der Waals surface area contributed by atoms with Gasteiger partial charge in [-0.25, -0.2) is 4.79 Å². The van der Waals surface area contributed by atoms with Crippen molar-refractivity contribution >= 4 is 12.0 Å². The van der Waals surface area contributed by atoms with Crippen LogP contribution in [0.5, 0.6) is 0 Å². The summed E-state index contributed by atoms with van der Waals surface area (Å²) in [7, 11) is 0. The molecule has 15 heavy (non-hydrogen) atoms. The lowest BCUT2D eigenvalue weighted by Crippen LogP contribution is -2.55. The largest absolute Gasteiger partial charge is 0.444 e. The van der Waals surface area contributed by atoms with E-state index >= 15 is 0 Å². The van der Waals surface area contributed by atoms with Gasteiger partial charge in [0.05, 0.1) is 0 Å². The fourth-order valence-corrected chi connectivity index (χ4v) is 1.40. The number of ether oxygens (including phenoxy) is 1. The quantitative estimate of drug-likeness (QED) is 0.647. The molecule has 1 aliphatic heterocycles. The fourth-order valence-electron chi connectivity index (χ4n) is 1.40. The zero-order valence-corrected chi connectivity index (χ0v) is 9.66. The molecule has 0 bridgehead atoms. The lowest BCUT2D eigenvalue weighted by atomic mass is 10.2. The molecule has 0 aromatic rings. The number of rotatable bonds is 0. The second kappa shape index (κ2) is 4.08. The molecule has 1 heterocycles. The van der Waals surface area contributed by atoms with Gasteiger partial charge in [0, 0.05) is 12.6 Å². The van der Waals surface area contributed by atoms with Gasteiger partial charge in [0.2, 0.25) is 5.91 Å². The molecule has 0 aromatic heterocycles. The third-order valence-corrected chi connectivity index (χ3v) is 1.89. The third-order valence-electron chi connectivity index (χ3n) is 1.89. The van der Waals surface area contributed by atoms with Crippen molar-refractivity contribution in [2.24, 2.45) is 0 Å². The van der Waals surface area contributed by atoms with E-state index in [1.165, 1.54) is 4.90 Å². The Hall–Kier alpha value is -1.26. The normalized spacial score (nSPS) is 22.3. The molecule has 1 atom stereocenters. The molecule has 0 aliphatic carbocycles. The average molecular weight is 214 g/mol. The molecule has 5 heteroatoms. The monoisotopic (exact) mass is 214 g/mol. The maximum atomic E-state index is 11.6.